The average molecular weight is 383 g/mol. The number of carbonyl (C=O) groups is 5. The molecule has 4 atom stereocenters. The number of amides is 2. The molecule has 0 unspecified atom stereocenters. The minimum Gasteiger partial charge on any atom is -0.462 e. The highest BCUT2D eigenvalue weighted by Crippen LogP contribution is 2.37. The molecular formula is C15H17N3O9. The van der Waals surface area contributed by atoms with Crippen LogP contribution in [0, 0.1) is 0 Å². The van der Waals surface area contributed by atoms with Crippen LogP contribution in [0.1, 0.15) is 20.8 Å². The number of primary amides is 1. The number of hydrogen-bond donors (Lipinski definition) is 1. The normalized spacial score (nSPS) is 29.2. The van der Waals surface area contributed by atoms with Crippen molar-refractivity contribution >= 4 is 41.8 Å². The molecule has 0 radical (unpaired) electrons. The third-order valence-electron chi connectivity index (χ3n) is 3.68. The van der Waals surface area contributed by atoms with Crippen molar-refractivity contribution < 1.29 is 42.9 Å². The molecule has 2 amide bonds. The third kappa shape index (κ3) is 4.16. The smallest absolute Gasteiger partial charge is 0.303 e. The molecule has 0 aliphatic carbocycles. The van der Waals surface area contributed by atoms with Gasteiger partial charge in [0.25, 0.3) is 11.8 Å². The minimum atomic E-state index is -2.19. The van der Waals surface area contributed by atoms with Gasteiger partial charge >= 0.3 is 17.9 Å². The SMILES string of the molecule is CC(=O)OC[C@@]1(C(N)=O)O[C@@H](C2=NC(=O)C=N2)[C@H](OC(C)=O)[C@@H]1OC(C)=O. The molecule has 1 saturated heterocycles. The summed E-state index contributed by atoms with van der Waals surface area (Å²) in [5.74, 6) is -4.47. The molecule has 0 spiro atoms. The summed E-state index contributed by atoms with van der Waals surface area (Å²) in [4.78, 5) is 65.2. The summed E-state index contributed by atoms with van der Waals surface area (Å²) < 4.78 is 20.7. The molecule has 146 valence electrons. The van der Waals surface area contributed by atoms with Crippen LogP contribution in [0.15, 0.2) is 9.98 Å². The maximum absolute atomic E-state index is 12.2. The zero-order valence-electron chi connectivity index (χ0n) is 14.7. The van der Waals surface area contributed by atoms with Gasteiger partial charge in [0.1, 0.15) is 6.61 Å². The molecule has 1 fully saturated rings. The molecule has 0 saturated carbocycles. The average Bonchev–Trinajstić information content (AvgIpc) is 3.08. The molecule has 2 aliphatic rings. The van der Waals surface area contributed by atoms with E-state index >= 15 is 0 Å². The Bertz CT molecular complexity index is 760. The number of esters is 3. The molecule has 0 aromatic rings. The van der Waals surface area contributed by atoms with E-state index in [1.54, 1.807) is 0 Å². The Kier molecular flexibility index (Phi) is 5.69. The van der Waals surface area contributed by atoms with E-state index in [1.165, 1.54) is 0 Å². The van der Waals surface area contributed by atoms with Crippen molar-refractivity contribution in [2.45, 2.75) is 44.7 Å². The lowest BCUT2D eigenvalue weighted by atomic mass is 9.93. The van der Waals surface area contributed by atoms with Gasteiger partial charge in [0.05, 0.1) is 6.21 Å². The molecule has 12 heteroatoms. The number of nitrogens with two attached hydrogens (primary N) is 1. The molecule has 2 heterocycles. The minimum absolute atomic E-state index is 0.214. The lowest BCUT2D eigenvalue weighted by Gasteiger charge is -2.30. The van der Waals surface area contributed by atoms with Gasteiger partial charge in [-0.15, -0.1) is 0 Å². The highest BCUT2D eigenvalue weighted by molar-refractivity contribution is 6.35. The van der Waals surface area contributed by atoms with E-state index in [1.807, 2.05) is 0 Å². The monoisotopic (exact) mass is 383 g/mol. The van der Waals surface area contributed by atoms with Gasteiger partial charge in [-0.2, -0.15) is 4.99 Å². The molecular weight excluding hydrogens is 366 g/mol. The highest BCUT2D eigenvalue weighted by atomic mass is 16.7. The summed E-state index contributed by atoms with van der Waals surface area (Å²) in [7, 11) is 0. The highest BCUT2D eigenvalue weighted by Gasteiger charge is 2.65. The van der Waals surface area contributed by atoms with Crippen molar-refractivity contribution in [3.8, 4) is 0 Å². The number of nitrogens with zero attached hydrogens (tertiary/aromatic N) is 2. The van der Waals surface area contributed by atoms with Crippen LogP contribution in [0.25, 0.3) is 0 Å². The predicted molar refractivity (Wildman–Crippen MR) is 85.5 cm³/mol. The van der Waals surface area contributed by atoms with E-state index in [0.717, 1.165) is 27.0 Å². The first-order valence-corrected chi connectivity index (χ1v) is 7.69. The van der Waals surface area contributed by atoms with Gasteiger partial charge in [-0.25, -0.2) is 4.99 Å². The van der Waals surface area contributed by atoms with Gasteiger partial charge < -0.3 is 24.7 Å². The number of amidine groups is 1. The van der Waals surface area contributed by atoms with Gasteiger partial charge in [0, 0.05) is 20.8 Å². The van der Waals surface area contributed by atoms with Crippen LogP contribution in [0.2, 0.25) is 0 Å². The van der Waals surface area contributed by atoms with Crippen molar-refractivity contribution in [2.75, 3.05) is 6.61 Å². The fourth-order valence-electron chi connectivity index (χ4n) is 2.66. The summed E-state index contributed by atoms with van der Waals surface area (Å²) in [5, 5.41) is 0. The second kappa shape index (κ2) is 7.61. The van der Waals surface area contributed by atoms with Gasteiger partial charge in [-0.05, 0) is 0 Å². The number of ether oxygens (including phenoxy) is 4. The molecule has 0 aromatic heterocycles. The first kappa shape index (κ1) is 20.2. The van der Waals surface area contributed by atoms with E-state index in [0.29, 0.717) is 0 Å². The van der Waals surface area contributed by atoms with Crippen LogP contribution in [-0.2, 0) is 42.9 Å². The summed E-state index contributed by atoms with van der Waals surface area (Å²) in [5.41, 5.74) is 3.25. The summed E-state index contributed by atoms with van der Waals surface area (Å²) in [6.07, 6.45) is -3.48. The fraction of sp³-hybridized carbons (Fsp3) is 0.533. The summed E-state index contributed by atoms with van der Waals surface area (Å²) in [6.45, 7) is 2.47. The van der Waals surface area contributed by atoms with Crippen molar-refractivity contribution in [1.82, 2.24) is 0 Å². The van der Waals surface area contributed by atoms with Gasteiger partial charge in [0.2, 0.25) is 5.60 Å². The first-order valence-electron chi connectivity index (χ1n) is 7.69. The summed E-state index contributed by atoms with van der Waals surface area (Å²) in [6, 6.07) is 0. The third-order valence-corrected chi connectivity index (χ3v) is 3.68. The molecule has 12 nitrogen and oxygen atoms in total. The summed E-state index contributed by atoms with van der Waals surface area (Å²) >= 11 is 0. The van der Waals surface area contributed by atoms with Gasteiger partial charge in [-0.1, -0.05) is 0 Å². The van der Waals surface area contributed by atoms with Crippen LogP contribution < -0.4 is 5.73 Å². The topological polar surface area (TPSA) is 173 Å². The van der Waals surface area contributed by atoms with Gasteiger partial charge in [0.15, 0.2) is 24.1 Å². The second-order valence-electron chi connectivity index (χ2n) is 5.74. The zero-order chi connectivity index (χ0) is 20.4. The lowest BCUT2D eigenvalue weighted by molar-refractivity contribution is -0.180. The second-order valence-corrected chi connectivity index (χ2v) is 5.74. The van der Waals surface area contributed by atoms with Crippen molar-refractivity contribution in [3.05, 3.63) is 0 Å². The number of carbonyl (C=O) groups excluding carboxylic acids is 5. The standard InChI is InChI=1S/C15H17N3O9/c1-6(19)24-5-15(14(16)23)12(26-8(3)21)10(25-7(2)20)11(27-15)13-17-4-9(22)18-13/h4,10-12H,5H2,1-3H3,(H2,16,23)/t10-,11+,12-,15+/m0/s1. The van der Waals surface area contributed by atoms with Gasteiger partial charge in [-0.3, -0.25) is 24.0 Å². The van der Waals surface area contributed by atoms with E-state index in [-0.39, 0.29) is 5.84 Å². The molecule has 0 aromatic carbocycles. The van der Waals surface area contributed by atoms with Crippen molar-refractivity contribution in [2.24, 2.45) is 15.7 Å². The van der Waals surface area contributed by atoms with E-state index in [4.69, 9.17) is 24.7 Å². The van der Waals surface area contributed by atoms with E-state index in [9.17, 15) is 24.0 Å². The Hall–Kier alpha value is -3.15. The van der Waals surface area contributed by atoms with Crippen LogP contribution in [0.3, 0.4) is 0 Å². The molecule has 2 N–H and O–H groups in total. The molecule has 0 bridgehead atoms. The Labute approximate surface area is 152 Å². The lowest BCUT2D eigenvalue weighted by Crippen LogP contribution is -2.58. The molecule has 2 rings (SSSR count). The predicted octanol–water partition coefficient (Wildman–Crippen LogP) is -1.95. The van der Waals surface area contributed by atoms with Crippen LogP contribution in [0.5, 0.6) is 0 Å². The fourth-order valence-corrected chi connectivity index (χ4v) is 2.66. The Morgan fingerprint density at radius 3 is 2.22 bits per heavy atom. The van der Waals surface area contributed by atoms with Crippen molar-refractivity contribution in [3.63, 3.8) is 0 Å². The Morgan fingerprint density at radius 2 is 1.78 bits per heavy atom. The largest absolute Gasteiger partial charge is 0.462 e. The van der Waals surface area contributed by atoms with E-state index in [2.05, 4.69) is 9.98 Å². The molecule has 27 heavy (non-hydrogen) atoms. The zero-order valence-corrected chi connectivity index (χ0v) is 14.7. The van der Waals surface area contributed by atoms with E-state index < -0.39 is 60.2 Å². The van der Waals surface area contributed by atoms with Crippen molar-refractivity contribution in [1.29, 1.82) is 0 Å². The van der Waals surface area contributed by atoms with Crippen LogP contribution in [-0.4, -0.2) is 72.3 Å². The Balaban J connectivity index is 2.53. The maximum Gasteiger partial charge on any atom is 0.303 e. The Morgan fingerprint density at radius 1 is 1.15 bits per heavy atom. The quantitative estimate of drug-likeness (QED) is 0.404. The van der Waals surface area contributed by atoms with Crippen LogP contribution in [0.4, 0.5) is 0 Å². The van der Waals surface area contributed by atoms with Crippen LogP contribution >= 0.6 is 0 Å². The number of rotatable bonds is 6. The molecule has 2 aliphatic heterocycles. The number of hydrogen-bond acceptors (Lipinski definition) is 10. The maximum atomic E-state index is 12.2. The number of aliphatic imine (C=N–C) groups is 2. The first-order chi connectivity index (χ1) is 12.6.